The molecule has 2 aromatic rings. The molecule has 0 aromatic heterocycles. The van der Waals surface area contributed by atoms with Gasteiger partial charge in [-0.15, -0.1) is 0 Å². The first-order valence-corrected chi connectivity index (χ1v) is 7.75. The summed E-state index contributed by atoms with van der Waals surface area (Å²) in [6.45, 7) is 1.78. The molecule has 3 rings (SSSR count). The summed E-state index contributed by atoms with van der Waals surface area (Å²) in [6, 6.07) is 8.12. The molecule has 0 N–H and O–H groups in total. The topological polar surface area (TPSA) is 37.4 Å². The summed E-state index contributed by atoms with van der Waals surface area (Å²) in [7, 11) is 0. The Morgan fingerprint density at radius 1 is 1.17 bits per heavy atom. The van der Waals surface area contributed by atoms with E-state index in [0.29, 0.717) is 16.3 Å². The predicted molar refractivity (Wildman–Crippen MR) is 88.1 cm³/mol. The smallest absolute Gasteiger partial charge is 0.258 e. The van der Waals surface area contributed by atoms with Crippen molar-refractivity contribution in [3.05, 3.63) is 63.4 Å². The number of nitrogens with zero attached hydrogens (tertiary/aromatic N) is 1. The van der Waals surface area contributed by atoms with Crippen LogP contribution in [-0.2, 0) is 0 Å². The van der Waals surface area contributed by atoms with Crippen molar-refractivity contribution in [2.75, 3.05) is 4.90 Å². The number of rotatable bonds is 1. The normalized spacial score (nSPS) is 17.1. The molecule has 0 spiro atoms. The number of anilines is 1. The minimum Gasteiger partial charge on any atom is -0.304 e. The maximum absolute atomic E-state index is 13.4. The summed E-state index contributed by atoms with van der Waals surface area (Å²) in [5, 5.41) is 0.630. The van der Waals surface area contributed by atoms with Crippen molar-refractivity contribution in [3.63, 3.8) is 0 Å². The molecule has 0 bridgehead atoms. The number of Topliss-reactive ketones (excluding diaryl/α,β-unsaturated/α-hetero) is 1. The third-order valence-corrected chi connectivity index (χ3v) is 4.56. The number of amides is 1. The van der Waals surface area contributed by atoms with E-state index in [1.807, 2.05) is 0 Å². The molecule has 1 amide bonds. The van der Waals surface area contributed by atoms with E-state index < -0.39 is 5.82 Å². The summed E-state index contributed by atoms with van der Waals surface area (Å²) in [5.41, 5.74) is 0.985. The molecular weight excluding hydrogens is 340 g/mol. The second-order valence-corrected chi connectivity index (χ2v) is 6.26. The van der Waals surface area contributed by atoms with Gasteiger partial charge in [0.2, 0.25) is 0 Å². The maximum atomic E-state index is 13.4. The van der Waals surface area contributed by atoms with E-state index in [2.05, 4.69) is 0 Å². The molecule has 0 radical (unpaired) electrons. The van der Waals surface area contributed by atoms with Crippen molar-refractivity contribution in [1.29, 1.82) is 0 Å². The van der Waals surface area contributed by atoms with Gasteiger partial charge < -0.3 is 4.90 Å². The van der Waals surface area contributed by atoms with Crippen molar-refractivity contribution in [1.82, 2.24) is 0 Å². The number of halogens is 3. The Balaban J connectivity index is 2.08. The van der Waals surface area contributed by atoms with Gasteiger partial charge in [0.05, 0.1) is 15.7 Å². The van der Waals surface area contributed by atoms with E-state index in [1.165, 1.54) is 29.2 Å². The number of fused-ring (bicyclic) bond motifs is 1. The summed E-state index contributed by atoms with van der Waals surface area (Å²) in [4.78, 5) is 26.5. The Bertz CT molecular complexity index is 822. The lowest BCUT2D eigenvalue weighted by Gasteiger charge is -2.34. The Kier molecular flexibility index (Phi) is 4.13. The average Bonchev–Trinajstić information content (AvgIpc) is 2.50. The Morgan fingerprint density at radius 3 is 2.61 bits per heavy atom. The number of carbonyl (C=O) groups excluding carboxylic acids is 2. The number of hydrogen-bond donors (Lipinski definition) is 0. The van der Waals surface area contributed by atoms with Crippen LogP contribution in [0.4, 0.5) is 10.1 Å². The van der Waals surface area contributed by atoms with Crippen molar-refractivity contribution in [3.8, 4) is 0 Å². The second-order valence-electron chi connectivity index (χ2n) is 5.44. The lowest BCUT2D eigenvalue weighted by atomic mass is 9.94. The third kappa shape index (κ3) is 2.84. The predicted octanol–water partition coefficient (Wildman–Crippen LogP) is 4.75. The van der Waals surface area contributed by atoms with Crippen molar-refractivity contribution in [2.45, 2.75) is 19.4 Å². The van der Waals surface area contributed by atoms with E-state index in [4.69, 9.17) is 23.2 Å². The first kappa shape index (κ1) is 16.0. The number of hydrogen-bond acceptors (Lipinski definition) is 2. The molecule has 0 aliphatic carbocycles. The van der Waals surface area contributed by atoms with Crippen LogP contribution >= 0.6 is 23.2 Å². The highest BCUT2D eigenvalue weighted by atomic mass is 35.5. The van der Waals surface area contributed by atoms with Gasteiger partial charge >= 0.3 is 0 Å². The highest BCUT2D eigenvalue weighted by Gasteiger charge is 2.33. The van der Waals surface area contributed by atoms with Crippen LogP contribution in [0.2, 0.25) is 10.0 Å². The summed E-state index contributed by atoms with van der Waals surface area (Å²) in [5.74, 6) is -0.991. The number of benzene rings is 2. The zero-order valence-corrected chi connectivity index (χ0v) is 13.7. The first-order chi connectivity index (χ1) is 10.9. The quantitative estimate of drug-likeness (QED) is 0.743. The van der Waals surface area contributed by atoms with E-state index in [9.17, 15) is 14.0 Å². The van der Waals surface area contributed by atoms with Crippen LogP contribution in [0.5, 0.6) is 0 Å². The van der Waals surface area contributed by atoms with Gasteiger partial charge in [0, 0.05) is 23.6 Å². The monoisotopic (exact) mass is 351 g/mol. The van der Waals surface area contributed by atoms with Gasteiger partial charge in [0.25, 0.3) is 5.91 Å². The molecule has 2 aromatic carbocycles. The third-order valence-electron chi connectivity index (χ3n) is 3.83. The van der Waals surface area contributed by atoms with Gasteiger partial charge in [0.1, 0.15) is 5.82 Å². The van der Waals surface area contributed by atoms with Gasteiger partial charge in [-0.05, 0) is 43.3 Å². The lowest BCUT2D eigenvalue weighted by molar-refractivity contribution is 0.0936. The molecule has 3 nitrogen and oxygen atoms in total. The number of ketones is 1. The first-order valence-electron chi connectivity index (χ1n) is 7.00. The minimum atomic E-state index is -0.506. The second kappa shape index (κ2) is 5.95. The van der Waals surface area contributed by atoms with Crippen LogP contribution in [0.25, 0.3) is 0 Å². The average molecular weight is 352 g/mol. The fraction of sp³-hybridized carbons (Fsp3) is 0.176. The Morgan fingerprint density at radius 2 is 1.91 bits per heavy atom. The summed E-state index contributed by atoms with van der Waals surface area (Å²) in [6.07, 6.45) is 0.142. The van der Waals surface area contributed by atoms with Gasteiger partial charge in [0.15, 0.2) is 5.78 Å². The molecule has 1 unspecified atom stereocenters. The van der Waals surface area contributed by atoms with Gasteiger partial charge in [-0.25, -0.2) is 4.39 Å². The molecule has 1 aliphatic rings. The molecule has 23 heavy (non-hydrogen) atoms. The van der Waals surface area contributed by atoms with Crippen LogP contribution in [0.15, 0.2) is 36.4 Å². The maximum Gasteiger partial charge on any atom is 0.258 e. The highest BCUT2D eigenvalue weighted by Crippen LogP contribution is 2.33. The lowest BCUT2D eigenvalue weighted by Crippen LogP contribution is -2.44. The summed E-state index contributed by atoms with van der Waals surface area (Å²) >= 11 is 11.8. The fourth-order valence-electron chi connectivity index (χ4n) is 2.73. The van der Waals surface area contributed by atoms with E-state index in [-0.39, 0.29) is 34.7 Å². The van der Waals surface area contributed by atoms with Crippen LogP contribution in [0.3, 0.4) is 0 Å². The molecule has 1 heterocycles. The molecule has 0 fully saturated rings. The fourth-order valence-corrected chi connectivity index (χ4v) is 3.02. The molecular formula is C17H12Cl2FNO2. The van der Waals surface area contributed by atoms with E-state index in [1.54, 1.807) is 19.1 Å². The van der Waals surface area contributed by atoms with E-state index >= 15 is 0 Å². The zero-order chi connectivity index (χ0) is 16.7. The molecule has 0 saturated carbocycles. The Labute approximate surface area is 142 Å². The Hall–Kier alpha value is -1.91. The minimum absolute atomic E-state index is 0.142. The standard InChI is InChI=1S/C17H12Cl2FNO2/c1-9-6-16(22)12-8-11(20)3-5-15(12)21(9)17(23)10-2-4-13(18)14(19)7-10/h2-5,7-9H,6H2,1H3. The van der Waals surface area contributed by atoms with Crippen molar-refractivity contribution >= 4 is 40.6 Å². The van der Waals surface area contributed by atoms with Crippen LogP contribution in [0.1, 0.15) is 34.1 Å². The molecule has 1 atom stereocenters. The van der Waals surface area contributed by atoms with Gasteiger partial charge in [-0.3, -0.25) is 9.59 Å². The van der Waals surface area contributed by atoms with Gasteiger partial charge in [-0.2, -0.15) is 0 Å². The highest BCUT2D eigenvalue weighted by molar-refractivity contribution is 6.42. The SMILES string of the molecule is CC1CC(=O)c2cc(F)ccc2N1C(=O)c1ccc(Cl)c(Cl)c1. The van der Waals surface area contributed by atoms with Crippen LogP contribution < -0.4 is 4.90 Å². The van der Waals surface area contributed by atoms with Crippen molar-refractivity contribution in [2.24, 2.45) is 0 Å². The summed E-state index contributed by atoms with van der Waals surface area (Å²) < 4.78 is 13.4. The van der Waals surface area contributed by atoms with E-state index in [0.717, 1.165) is 0 Å². The molecule has 0 saturated heterocycles. The van der Waals surface area contributed by atoms with Gasteiger partial charge in [-0.1, -0.05) is 23.2 Å². The number of carbonyl (C=O) groups is 2. The van der Waals surface area contributed by atoms with Crippen LogP contribution in [0, 0.1) is 5.82 Å². The zero-order valence-electron chi connectivity index (χ0n) is 12.1. The molecule has 118 valence electrons. The van der Waals surface area contributed by atoms with Crippen molar-refractivity contribution < 1.29 is 14.0 Å². The largest absolute Gasteiger partial charge is 0.304 e. The molecule has 1 aliphatic heterocycles. The van der Waals surface area contributed by atoms with Crippen LogP contribution in [-0.4, -0.2) is 17.7 Å². The molecule has 6 heteroatoms.